The minimum atomic E-state index is 0.739. The van der Waals surface area contributed by atoms with Gasteiger partial charge in [-0.2, -0.15) is 0 Å². The molecule has 0 nitrogen and oxygen atoms in total. The minimum Gasteiger partial charge on any atom is -0.0859 e. The molecule has 2 aromatic rings. The van der Waals surface area contributed by atoms with E-state index < -0.39 is 0 Å². The molecule has 0 aliphatic heterocycles. The number of allylic oxidation sites excluding steroid dienone is 2. The molecule has 2 rings (SSSR count). The second kappa shape index (κ2) is 10.1. The monoisotopic (exact) mass is 319 g/mol. The zero-order valence-electron chi connectivity index (χ0n) is 15.5. The summed E-state index contributed by atoms with van der Waals surface area (Å²) >= 11 is 0. The second-order valence-electron chi connectivity index (χ2n) is 7.24. The van der Waals surface area contributed by atoms with Crippen molar-refractivity contribution in [2.75, 3.05) is 0 Å². The number of benzene rings is 2. The van der Waals surface area contributed by atoms with Gasteiger partial charge in [-0.05, 0) is 68.9 Å². The van der Waals surface area contributed by atoms with Crippen molar-refractivity contribution in [1.82, 2.24) is 0 Å². The van der Waals surface area contributed by atoms with Crippen LogP contribution in [0.4, 0.5) is 0 Å². The van der Waals surface area contributed by atoms with Crippen molar-refractivity contribution in [3.63, 3.8) is 0 Å². The van der Waals surface area contributed by atoms with E-state index in [9.17, 15) is 0 Å². The molecule has 0 saturated heterocycles. The average Bonchev–Trinajstić information content (AvgIpc) is 2.56. The van der Waals surface area contributed by atoms with Crippen molar-refractivity contribution in [3.05, 3.63) is 89.4 Å². The lowest BCUT2D eigenvalue weighted by atomic mass is 9.84. The lowest BCUT2D eigenvalue weighted by Gasteiger charge is -2.21. The van der Waals surface area contributed by atoms with Gasteiger partial charge in [0.1, 0.15) is 0 Å². The summed E-state index contributed by atoms with van der Waals surface area (Å²) in [4.78, 5) is 0. The van der Waals surface area contributed by atoms with Crippen LogP contribution in [0.3, 0.4) is 0 Å². The van der Waals surface area contributed by atoms with Gasteiger partial charge in [0.15, 0.2) is 0 Å². The number of rotatable bonds is 9. The van der Waals surface area contributed by atoms with Crippen LogP contribution in [-0.2, 0) is 12.8 Å². The SMILES string of the molecule is CC(C)=CCCC(C)C[C](Cc1ccccc1)Cc1ccccc1. The molecule has 0 N–H and O–H groups in total. The van der Waals surface area contributed by atoms with Crippen molar-refractivity contribution < 1.29 is 0 Å². The lowest BCUT2D eigenvalue weighted by Crippen LogP contribution is -2.11. The Morgan fingerprint density at radius 2 is 1.33 bits per heavy atom. The normalized spacial score (nSPS) is 12.2. The van der Waals surface area contributed by atoms with Crippen molar-refractivity contribution >= 4 is 0 Å². The molecule has 0 aromatic heterocycles. The van der Waals surface area contributed by atoms with Gasteiger partial charge < -0.3 is 0 Å². The molecule has 0 heteroatoms. The predicted octanol–water partition coefficient (Wildman–Crippen LogP) is 6.82. The molecule has 0 aliphatic rings. The van der Waals surface area contributed by atoms with E-state index in [1.807, 2.05) is 0 Å². The Balaban J connectivity index is 1.97. The predicted molar refractivity (Wildman–Crippen MR) is 106 cm³/mol. The largest absolute Gasteiger partial charge is 0.0859 e. The lowest BCUT2D eigenvalue weighted by molar-refractivity contribution is 0.489. The maximum absolute atomic E-state index is 2.40. The van der Waals surface area contributed by atoms with Gasteiger partial charge in [0, 0.05) is 0 Å². The number of hydrogen-bond acceptors (Lipinski definition) is 0. The summed E-state index contributed by atoms with van der Waals surface area (Å²) in [5, 5.41) is 0. The third kappa shape index (κ3) is 7.17. The molecule has 0 saturated carbocycles. The Morgan fingerprint density at radius 3 is 1.79 bits per heavy atom. The van der Waals surface area contributed by atoms with Crippen LogP contribution in [0.1, 0.15) is 51.2 Å². The van der Waals surface area contributed by atoms with Crippen LogP contribution in [0.5, 0.6) is 0 Å². The van der Waals surface area contributed by atoms with Gasteiger partial charge in [-0.25, -0.2) is 0 Å². The van der Waals surface area contributed by atoms with E-state index in [1.165, 1.54) is 36.0 Å². The molecule has 0 bridgehead atoms. The van der Waals surface area contributed by atoms with Crippen LogP contribution < -0.4 is 0 Å². The summed E-state index contributed by atoms with van der Waals surface area (Å²) in [6, 6.07) is 21.8. The minimum absolute atomic E-state index is 0.739. The zero-order valence-corrected chi connectivity index (χ0v) is 15.5. The van der Waals surface area contributed by atoms with Crippen molar-refractivity contribution in [1.29, 1.82) is 0 Å². The fraction of sp³-hybridized carbons (Fsp3) is 0.375. The molecule has 1 atom stereocenters. The first-order valence-electron chi connectivity index (χ1n) is 9.18. The van der Waals surface area contributed by atoms with Crippen LogP contribution >= 0.6 is 0 Å². The summed E-state index contributed by atoms with van der Waals surface area (Å²) in [6.45, 7) is 6.77. The topological polar surface area (TPSA) is 0 Å². The summed E-state index contributed by atoms with van der Waals surface area (Å²) < 4.78 is 0. The highest BCUT2D eigenvalue weighted by molar-refractivity contribution is 5.24. The highest BCUT2D eigenvalue weighted by Gasteiger charge is 2.15. The Hall–Kier alpha value is -1.82. The standard InChI is InChI=1S/C24H31/c1-20(2)11-10-12-21(3)17-24(18-22-13-6-4-7-14-22)19-23-15-8-5-9-16-23/h4-9,11,13-16,21H,10,12,17-19H2,1-3H3. The number of hydrogen-bond donors (Lipinski definition) is 0. The molecule has 24 heavy (non-hydrogen) atoms. The van der Waals surface area contributed by atoms with Crippen LogP contribution in [0, 0.1) is 11.8 Å². The molecule has 0 fully saturated rings. The van der Waals surface area contributed by atoms with Crippen molar-refractivity contribution in [3.8, 4) is 0 Å². The van der Waals surface area contributed by atoms with Crippen molar-refractivity contribution in [2.24, 2.45) is 5.92 Å². The maximum atomic E-state index is 2.40. The van der Waals surface area contributed by atoms with Crippen LogP contribution in [0.15, 0.2) is 72.3 Å². The van der Waals surface area contributed by atoms with Crippen molar-refractivity contribution in [2.45, 2.75) is 52.9 Å². The molecular weight excluding hydrogens is 288 g/mol. The van der Waals surface area contributed by atoms with E-state index >= 15 is 0 Å². The van der Waals surface area contributed by atoms with Gasteiger partial charge in [-0.3, -0.25) is 0 Å². The third-order valence-electron chi connectivity index (χ3n) is 4.44. The first-order chi connectivity index (χ1) is 11.6. The van der Waals surface area contributed by atoms with E-state index in [1.54, 1.807) is 5.92 Å². The van der Waals surface area contributed by atoms with E-state index in [0.29, 0.717) is 0 Å². The molecule has 1 radical (unpaired) electrons. The summed E-state index contributed by atoms with van der Waals surface area (Å²) in [5.74, 6) is 2.39. The average molecular weight is 320 g/mol. The molecule has 0 spiro atoms. The molecular formula is C24H31. The van der Waals surface area contributed by atoms with E-state index in [0.717, 1.165) is 18.8 Å². The molecule has 2 aromatic carbocycles. The van der Waals surface area contributed by atoms with Crippen LogP contribution in [0.2, 0.25) is 0 Å². The molecule has 0 amide bonds. The molecule has 1 unspecified atom stereocenters. The van der Waals surface area contributed by atoms with Gasteiger partial charge in [0.2, 0.25) is 0 Å². The van der Waals surface area contributed by atoms with Gasteiger partial charge in [-0.1, -0.05) is 79.2 Å². The summed E-state index contributed by atoms with van der Waals surface area (Å²) in [5.41, 5.74) is 4.29. The van der Waals surface area contributed by atoms with Gasteiger partial charge >= 0.3 is 0 Å². The Bertz CT molecular complexity index is 549. The highest BCUT2D eigenvalue weighted by Crippen LogP contribution is 2.26. The summed E-state index contributed by atoms with van der Waals surface area (Å²) in [7, 11) is 0. The quantitative estimate of drug-likeness (QED) is 0.445. The fourth-order valence-corrected chi connectivity index (χ4v) is 3.23. The molecule has 0 heterocycles. The molecule has 0 aliphatic carbocycles. The molecule has 127 valence electrons. The van der Waals surface area contributed by atoms with E-state index in [2.05, 4.69) is 87.5 Å². The highest BCUT2D eigenvalue weighted by atomic mass is 14.2. The van der Waals surface area contributed by atoms with E-state index in [4.69, 9.17) is 0 Å². The first-order valence-corrected chi connectivity index (χ1v) is 9.18. The Morgan fingerprint density at radius 1 is 0.833 bits per heavy atom. The van der Waals surface area contributed by atoms with Crippen LogP contribution in [-0.4, -0.2) is 0 Å². The second-order valence-corrected chi connectivity index (χ2v) is 7.24. The summed E-state index contributed by atoms with van der Waals surface area (Å²) in [6.07, 6.45) is 8.27. The van der Waals surface area contributed by atoms with E-state index in [-0.39, 0.29) is 0 Å². The third-order valence-corrected chi connectivity index (χ3v) is 4.44. The Kier molecular flexibility index (Phi) is 7.82. The zero-order chi connectivity index (χ0) is 17.2. The van der Waals surface area contributed by atoms with Gasteiger partial charge in [-0.15, -0.1) is 0 Å². The van der Waals surface area contributed by atoms with Gasteiger partial charge in [0.05, 0.1) is 0 Å². The van der Waals surface area contributed by atoms with Crippen LogP contribution in [0.25, 0.3) is 0 Å². The van der Waals surface area contributed by atoms with Gasteiger partial charge in [0.25, 0.3) is 0 Å². The maximum Gasteiger partial charge on any atom is -0.0151 e. The fourth-order valence-electron chi connectivity index (χ4n) is 3.23. The smallest absolute Gasteiger partial charge is 0.0151 e. The Labute approximate surface area is 148 Å². The first kappa shape index (κ1) is 18.5.